The molecule has 0 aromatic heterocycles. The van der Waals surface area contributed by atoms with E-state index in [9.17, 15) is 24.3 Å². The first-order valence-electron chi connectivity index (χ1n) is 8.54. The summed E-state index contributed by atoms with van der Waals surface area (Å²) in [5.74, 6) is -2.63. The number of hydrogen-bond donors (Lipinski definition) is 4. The second-order valence-electron chi connectivity index (χ2n) is 6.46. The zero-order valence-corrected chi connectivity index (χ0v) is 14.9. The van der Waals surface area contributed by atoms with E-state index in [0.717, 1.165) is 0 Å². The van der Waals surface area contributed by atoms with Crippen LogP contribution in [0.1, 0.15) is 40.0 Å². The molecule has 1 saturated heterocycles. The molecule has 0 aliphatic carbocycles. The summed E-state index contributed by atoms with van der Waals surface area (Å²) in [7, 11) is 0. The fourth-order valence-corrected chi connectivity index (χ4v) is 2.70. The number of carboxylic acid groups (broad SMARTS) is 1. The third-order valence-corrected chi connectivity index (χ3v) is 4.48. The predicted molar refractivity (Wildman–Crippen MR) is 90.4 cm³/mol. The summed E-state index contributed by atoms with van der Waals surface area (Å²) in [6, 6.07) is -2.43. The number of carbonyl (C=O) groups is 4. The van der Waals surface area contributed by atoms with Crippen LogP contribution in [0.3, 0.4) is 0 Å². The topological polar surface area (TPSA) is 142 Å². The Labute approximate surface area is 147 Å². The highest BCUT2D eigenvalue weighted by Gasteiger charge is 2.36. The molecule has 1 fully saturated rings. The van der Waals surface area contributed by atoms with E-state index in [2.05, 4.69) is 10.6 Å². The largest absolute Gasteiger partial charge is 0.480 e. The van der Waals surface area contributed by atoms with Crippen molar-refractivity contribution >= 4 is 23.7 Å². The van der Waals surface area contributed by atoms with E-state index in [1.165, 1.54) is 11.8 Å². The Bertz CT molecular complexity index is 523. The van der Waals surface area contributed by atoms with Crippen LogP contribution in [0, 0.1) is 5.92 Å². The van der Waals surface area contributed by atoms with Crippen LogP contribution in [0.15, 0.2) is 0 Å². The number of amides is 3. The second kappa shape index (κ2) is 9.36. The number of rotatable bonds is 8. The first kappa shape index (κ1) is 20.9. The molecule has 25 heavy (non-hydrogen) atoms. The van der Waals surface area contributed by atoms with Crippen LogP contribution >= 0.6 is 0 Å². The van der Waals surface area contributed by atoms with E-state index in [1.54, 1.807) is 6.92 Å². The fourth-order valence-electron chi connectivity index (χ4n) is 2.70. The van der Waals surface area contributed by atoms with E-state index in [1.807, 2.05) is 6.92 Å². The Morgan fingerprint density at radius 2 is 1.92 bits per heavy atom. The van der Waals surface area contributed by atoms with Gasteiger partial charge in [0.15, 0.2) is 0 Å². The lowest BCUT2D eigenvalue weighted by molar-refractivity contribution is -0.145. The number of hydrogen-bond acceptors (Lipinski definition) is 5. The maximum atomic E-state index is 12.5. The van der Waals surface area contributed by atoms with E-state index in [0.29, 0.717) is 25.8 Å². The molecule has 1 rings (SSSR count). The summed E-state index contributed by atoms with van der Waals surface area (Å²) >= 11 is 0. The minimum absolute atomic E-state index is 0.225. The van der Waals surface area contributed by atoms with Crippen molar-refractivity contribution in [2.24, 2.45) is 11.7 Å². The Morgan fingerprint density at radius 3 is 2.44 bits per heavy atom. The molecule has 1 aliphatic rings. The van der Waals surface area contributed by atoms with Gasteiger partial charge < -0.3 is 26.4 Å². The van der Waals surface area contributed by atoms with Gasteiger partial charge >= 0.3 is 5.97 Å². The van der Waals surface area contributed by atoms with Gasteiger partial charge in [0.1, 0.15) is 12.1 Å². The summed E-state index contributed by atoms with van der Waals surface area (Å²) in [5.41, 5.74) is 5.42. The maximum absolute atomic E-state index is 12.5. The standard InChI is InChI=1S/C16H28N4O5/c1-4-9(2)13(16(24)25)19-15(23)11-6-5-7-20(11)12(21)8-18-14(22)10(3)17/h9-11,13H,4-8,17H2,1-3H3,(H,18,22)(H,19,23)(H,24,25)/t9-,10-,11-,13-/m0/s1. The number of carboxylic acids is 1. The molecule has 1 heterocycles. The van der Waals surface area contributed by atoms with Gasteiger partial charge in [-0.05, 0) is 25.7 Å². The Kier molecular flexibility index (Phi) is 7.82. The summed E-state index contributed by atoms with van der Waals surface area (Å²) in [4.78, 5) is 48.9. The van der Waals surface area contributed by atoms with Gasteiger partial charge in [-0.25, -0.2) is 4.79 Å². The minimum Gasteiger partial charge on any atom is -0.480 e. The molecule has 0 bridgehead atoms. The molecule has 0 radical (unpaired) electrons. The zero-order valence-electron chi connectivity index (χ0n) is 14.9. The smallest absolute Gasteiger partial charge is 0.326 e. The maximum Gasteiger partial charge on any atom is 0.326 e. The molecular weight excluding hydrogens is 328 g/mol. The SMILES string of the molecule is CC[C@H](C)[C@H](NC(=O)[C@@H]1CCCN1C(=O)CNC(=O)[C@H](C)N)C(=O)O. The van der Waals surface area contributed by atoms with E-state index in [-0.39, 0.29) is 18.4 Å². The number of aliphatic carboxylic acids is 1. The first-order chi connectivity index (χ1) is 11.7. The second-order valence-corrected chi connectivity index (χ2v) is 6.46. The number of carbonyl (C=O) groups excluding carboxylic acids is 3. The molecular formula is C16H28N4O5. The molecule has 0 saturated carbocycles. The van der Waals surface area contributed by atoms with Gasteiger partial charge in [-0.15, -0.1) is 0 Å². The number of nitrogens with one attached hydrogen (secondary N) is 2. The van der Waals surface area contributed by atoms with Crippen LogP contribution in [0.25, 0.3) is 0 Å². The normalized spacial score (nSPS) is 20.5. The van der Waals surface area contributed by atoms with Crippen molar-refractivity contribution in [1.82, 2.24) is 15.5 Å². The molecule has 1 aliphatic heterocycles. The van der Waals surface area contributed by atoms with Crippen LogP contribution in [0.5, 0.6) is 0 Å². The third kappa shape index (κ3) is 5.70. The van der Waals surface area contributed by atoms with Crippen molar-refractivity contribution in [3.05, 3.63) is 0 Å². The summed E-state index contributed by atoms with van der Waals surface area (Å²) in [5, 5.41) is 14.2. The van der Waals surface area contributed by atoms with Crippen LogP contribution < -0.4 is 16.4 Å². The minimum atomic E-state index is -1.09. The van der Waals surface area contributed by atoms with Crippen molar-refractivity contribution in [3.8, 4) is 0 Å². The fraction of sp³-hybridized carbons (Fsp3) is 0.750. The highest BCUT2D eigenvalue weighted by molar-refractivity contribution is 5.92. The van der Waals surface area contributed by atoms with E-state index >= 15 is 0 Å². The van der Waals surface area contributed by atoms with Gasteiger partial charge in [-0.2, -0.15) is 0 Å². The summed E-state index contributed by atoms with van der Waals surface area (Å²) in [6.45, 7) is 5.26. The third-order valence-electron chi connectivity index (χ3n) is 4.48. The summed E-state index contributed by atoms with van der Waals surface area (Å²) in [6.07, 6.45) is 1.71. The molecule has 0 aromatic rings. The van der Waals surface area contributed by atoms with Crippen molar-refractivity contribution in [2.75, 3.05) is 13.1 Å². The van der Waals surface area contributed by atoms with Crippen LogP contribution in [0.2, 0.25) is 0 Å². The monoisotopic (exact) mass is 356 g/mol. The van der Waals surface area contributed by atoms with Gasteiger partial charge in [-0.1, -0.05) is 20.3 Å². The molecule has 0 aromatic carbocycles. The zero-order chi connectivity index (χ0) is 19.1. The lowest BCUT2D eigenvalue weighted by Crippen LogP contribution is -2.54. The molecule has 9 heteroatoms. The van der Waals surface area contributed by atoms with Gasteiger partial charge in [0, 0.05) is 6.54 Å². The van der Waals surface area contributed by atoms with E-state index < -0.39 is 35.9 Å². The Morgan fingerprint density at radius 1 is 1.28 bits per heavy atom. The average molecular weight is 356 g/mol. The van der Waals surface area contributed by atoms with Crippen molar-refractivity contribution in [2.45, 2.75) is 58.2 Å². The number of likely N-dealkylation sites (tertiary alicyclic amines) is 1. The molecule has 4 atom stereocenters. The number of nitrogens with two attached hydrogens (primary N) is 1. The molecule has 5 N–H and O–H groups in total. The number of nitrogens with zero attached hydrogens (tertiary/aromatic N) is 1. The van der Waals surface area contributed by atoms with E-state index in [4.69, 9.17) is 5.73 Å². The first-order valence-corrected chi connectivity index (χ1v) is 8.54. The molecule has 0 unspecified atom stereocenters. The lowest BCUT2D eigenvalue weighted by Gasteiger charge is -2.27. The van der Waals surface area contributed by atoms with Gasteiger partial charge in [0.05, 0.1) is 12.6 Å². The van der Waals surface area contributed by atoms with Crippen LogP contribution in [0.4, 0.5) is 0 Å². The van der Waals surface area contributed by atoms with Crippen LogP contribution in [-0.4, -0.2) is 64.9 Å². The highest BCUT2D eigenvalue weighted by atomic mass is 16.4. The van der Waals surface area contributed by atoms with Crippen molar-refractivity contribution < 1.29 is 24.3 Å². The van der Waals surface area contributed by atoms with Crippen LogP contribution in [-0.2, 0) is 19.2 Å². The highest BCUT2D eigenvalue weighted by Crippen LogP contribution is 2.18. The molecule has 3 amide bonds. The van der Waals surface area contributed by atoms with Gasteiger partial charge in [0.2, 0.25) is 17.7 Å². The van der Waals surface area contributed by atoms with Gasteiger partial charge in [0.25, 0.3) is 0 Å². The average Bonchev–Trinajstić information content (AvgIpc) is 3.05. The molecule has 142 valence electrons. The predicted octanol–water partition coefficient (Wildman–Crippen LogP) is -0.944. The molecule has 9 nitrogen and oxygen atoms in total. The Balaban J connectivity index is 2.69. The lowest BCUT2D eigenvalue weighted by atomic mass is 9.99. The molecule has 0 spiro atoms. The Hall–Kier alpha value is -2.16. The van der Waals surface area contributed by atoms with Crippen molar-refractivity contribution in [3.63, 3.8) is 0 Å². The summed E-state index contributed by atoms with van der Waals surface area (Å²) < 4.78 is 0. The quantitative estimate of drug-likeness (QED) is 0.442. The van der Waals surface area contributed by atoms with Crippen molar-refractivity contribution in [1.29, 1.82) is 0 Å². The van der Waals surface area contributed by atoms with Gasteiger partial charge in [-0.3, -0.25) is 14.4 Å².